The van der Waals surface area contributed by atoms with Crippen molar-refractivity contribution in [2.75, 3.05) is 0 Å². The molecular weight excluding hydrogens is 244 g/mol. The first kappa shape index (κ1) is 22.7. The van der Waals surface area contributed by atoms with E-state index in [1.165, 1.54) is 6.92 Å². The number of carboxylic acid groups (broad SMARTS) is 1. The maximum atomic E-state index is 11.2. The molecule has 0 bridgehead atoms. The van der Waals surface area contributed by atoms with Gasteiger partial charge in [-0.2, -0.15) is 5.26 Å². The summed E-state index contributed by atoms with van der Waals surface area (Å²) in [6, 6.07) is 1.88. The maximum Gasteiger partial charge on any atom is 0.310 e. The minimum Gasteiger partial charge on any atom is -0.481 e. The molecule has 0 aliphatic heterocycles. The van der Waals surface area contributed by atoms with Crippen LogP contribution in [0.5, 0.6) is 0 Å². The molecule has 0 radical (unpaired) electrons. The van der Waals surface area contributed by atoms with Crippen molar-refractivity contribution in [2.24, 2.45) is 16.6 Å². The second-order valence-electron chi connectivity index (χ2n) is 5.94. The van der Waals surface area contributed by atoms with Crippen molar-refractivity contribution in [3.63, 3.8) is 0 Å². The number of aliphatic carboxylic acids is 1. The number of carboxylic acids is 1. The first-order valence-electron chi connectivity index (χ1n) is 5.64. The Balaban J connectivity index is -0.000000313. The zero-order valence-electron chi connectivity index (χ0n) is 12.3. The fourth-order valence-corrected chi connectivity index (χ4v) is 0.707. The molecule has 0 aliphatic carbocycles. The van der Waals surface area contributed by atoms with Crippen LogP contribution in [0.3, 0.4) is 0 Å². The molecule has 0 aromatic heterocycles. The Morgan fingerprint density at radius 2 is 1.32 bits per heavy atom. The highest BCUT2D eigenvalue weighted by Crippen LogP contribution is 2.39. The monoisotopic (exact) mass is 272 g/mol. The maximum absolute atomic E-state index is 11.2. The first-order valence-corrected chi connectivity index (χ1v) is 5.64. The summed E-state index contributed by atoms with van der Waals surface area (Å²) >= 11 is 0. The van der Waals surface area contributed by atoms with Gasteiger partial charge >= 0.3 is 5.97 Å². The van der Waals surface area contributed by atoms with Crippen LogP contribution in [-0.2, 0) is 9.59 Å². The molecule has 0 spiro atoms. The quantitative estimate of drug-likeness (QED) is 0.821. The zero-order valence-corrected chi connectivity index (χ0v) is 12.3. The van der Waals surface area contributed by atoms with Gasteiger partial charge in [0.05, 0.1) is 17.0 Å². The Kier molecular flexibility index (Phi) is 8.67. The summed E-state index contributed by atoms with van der Waals surface area (Å²) in [5.74, 6) is -1.04. The van der Waals surface area contributed by atoms with Gasteiger partial charge in [0, 0.05) is 5.41 Å². The van der Waals surface area contributed by atoms with E-state index < -0.39 is 22.3 Å². The summed E-state index contributed by atoms with van der Waals surface area (Å²) in [5.41, 5.74) is 2.69. The second kappa shape index (κ2) is 7.25. The summed E-state index contributed by atoms with van der Waals surface area (Å²) in [4.78, 5) is 22.0. The van der Waals surface area contributed by atoms with Crippen LogP contribution >= 0.6 is 0 Å². The second-order valence-corrected chi connectivity index (χ2v) is 5.94. The third-order valence-corrected chi connectivity index (χ3v) is 3.27. The van der Waals surface area contributed by atoms with Crippen molar-refractivity contribution in [3.8, 4) is 6.07 Å². The van der Waals surface area contributed by atoms with Crippen LogP contribution in [0.4, 0.5) is 0 Å². The van der Waals surface area contributed by atoms with Crippen LogP contribution in [0.2, 0.25) is 0 Å². The first-order chi connectivity index (χ1) is 7.70. The van der Waals surface area contributed by atoms with Crippen molar-refractivity contribution in [3.05, 3.63) is 0 Å². The van der Waals surface area contributed by atoms with Crippen molar-refractivity contribution in [2.45, 2.75) is 61.4 Å². The van der Waals surface area contributed by atoms with E-state index in [9.17, 15) is 9.59 Å². The molecule has 19 heavy (non-hydrogen) atoms. The van der Waals surface area contributed by atoms with Gasteiger partial charge in [-0.15, -0.1) is 0 Å². The molecule has 112 valence electrons. The smallest absolute Gasteiger partial charge is 0.310 e. The molecule has 0 aromatic carbocycles. The Hall–Kier alpha value is -1.41. The van der Waals surface area contributed by atoms with Crippen LogP contribution in [0.15, 0.2) is 0 Å². The van der Waals surface area contributed by atoms with E-state index >= 15 is 0 Å². The molecule has 0 heterocycles. The number of nitrogens with zero attached hydrogens (tertiary/aromatic N) is 1. The van der Waals surface area contributed by atoms with Gasteiger partial charge in [-0.25, -0.2) is 0 Å². The molecule has 3 N–H and O–H groups in total. The van der Waals surface area contributed by atoms with Crippen molar-refractivity contribution >= 4 is 11.8 Å². The minimum atomic E-state index is -1.02. The van der Waals surface area contributed by atoms with Crippen molar-refractivity contribution in [1.29, 1.82) is 5.26 Å². The van der Waals surface area contributed by atoms with Gasteiger partial charge in [-0.3, -0.25) is 9.59 Å². The number of hydrogen-bond acceptors (Lipinski definition) is 4. The number of nitriles is 1. The Labute approximate surface area is 116 Å². The summed E-state index contributed by atoms with van der Waals surface area (Å²) in [5, 5.41) is 16.9. The third-order valence-electron chi connectivity index (χ3n) is 3.27. The van der Waals surface area contributed by atoms with Crippen LogP contribution in [0.1, 0.15) is 55.9 Å². The lowest BCUT2D eigenvalue weighted by molar-refractivity contribution is -0.158. The van der Waals surface area contributed by atoms with E-state index in [2.05, 4.69) is 0 Å². The van der Waals surface area contributed by atoms with E-state index in [0.717, 1.165) is 0 Å². The highest BCUT2D eigenvalue weighted by atomic mass is 16.4. The van der Waals surface area contributed by atoms with Crippen LogP contribution in [-0.4, -0.2) is 22.4 Å². The van der Waals surface area contributed by atoms with Crippen LogP contribution in [0, 0.1) is 22.2 Å². The number of Topliss-reactive ketones (excluding diaryl/α,β-unsaturated/α-hetero) is 1. The fraction of sp³-hybridized carbons (Fsp3) is 0.786. The molecule has 0 aromatic rings. The molecule has 5 nitrogen and oxygen atoms in total. The lowest BCUT2D eigenvalue weighted by atomic mass is 9.66. The molecule has 0 fully saturated rings. The summed E-state index contributed by atoms with van der Waals surface area (Å²) in [6.45, 7) is 11.2. The third kappa shape index (κ3) is 6.92. The SMILES string of the molecule is C.CC(=O)C(C)(C)C(C)(C)C(=O)O.CC(C)(N)C#N. The standard InChI is InChI=1S/C9H16O3.C4H8N2.CH4/c1-6(10)8(2,3)9(4,5)7(11)12;1-4(2,6)3-5;/h1-5H3,(H,11,12);6H2,1-2H3;1H4. The van der Waals surface area contributed by atoms with Crippen molar-refractivity contribution in [1.82, 2.24) is 0 Å². The summed E-state index contributed by atoms with van der Waals surface area (Å²) in [6.07, 6.45) is 0. The fourth-order valence-electron chi connectivity index (χ4n) is 0.707. The van der Waals surface area contributed by atoms with Gasteiger partial charge < -0.3 is 10.8 Å². The van der Waals surface area contributed by atoms with Gasteiger partial charge in [-0.05, 0) is 34.6 Å². The van der Waals surface area contributed by atoms with E-state index in [1.807, 2.05) is 6.07 Å². The number of carbonyl (C=O) groups is 2. The number of carbonyl (C=O) groups excluding carboxylic acids is 1. The topological polar surface area (TPSA) is 104 Å². The number of hydrogen-bond donors (Lipinski definition) is 2. The molecule has 0 saturated heterocycles. The number of rotatable bonds is 3. The molecular formula is C14H28N2O3. The molecule has 0 amide bonds. The average Bonchev–Trinajstić information content (AvgIpc) is 2.16. The van der Waals surface area contributed by atoms with E-state index in [4.69, 9.17) is 16.1 Å². The Morgan fingerprint density at radius 1 is 1.05 bits per heavy atom. The van der Waals surface area contributed by atoms with Gasteiger partial charge in [0.15, 0.2) is 0 Å². The number of ketones is 1. The number of nitrogens with two attached hydrogens (primary N) is 1. The highest BCUT2D eigenvalue weighted by molar-refractivity contribution is 5.89. The van der Waals surface area contributed by atoms with Crippen LogP contribution < -0.4 is 5.73 Å². The molecule has 0 atom stereocenters. The van der Waals surface area contributed by atoms with E-state index in [-0.39, 0.29) is 13.2 Å². The summed E-state index contributed by atoms with van der Waals surface area (Å²) < 4.78 is 0. The molecule has 5 heteroatoms. The van der Waals surface area contributed by atoms with Crippen molar-refractivity contribution < 1.29 is 14.7 Å². The van der Waals surface area contributed by atoms with Crippen LogP contribution in [0.25, 0.3) is 0 Å². The van der Waals surface area contributed by atoms with E-state index in [0.29, 0.717) is 0 Å². The predicted octanol–water partition coefficient (Wildman–Crippen LogP) is 2.60. The predicted molar refractivity (Wildman–Crippen MR) is 76.5 cm³/mol. The van der Waals surface area contributed by atoms with E-state index in [1.54, 1.807) is 41.5 Å². The molecule has 0 saturated carbocycles. The Morgan fingerprint density at radius 3 is 1.37 bits per heavy atom. The molecule has 0 rings (SSSR count). The largest absolute Gasteiger partial charge is 0.481 e. The average molecular weight is 272 g/mol. The van der Waals surface area contributed by atoms with Gasteiger partial charge in [0.2, 0.25) is 0 Å². The van der Waals surface area contributed by atoms with Gasteiger partial charge in [0.1, 0.15) is 5.78 Å². The Bertz CT molecular complexity index is 334. The van der Waals surface area contributed by atoms with Gasteiger partial charge in [0.25, 0.3) is 0 Å². The summed E-state index contributed by atoms with van der Waals surface area (Å²) in [7, 11) is 0. The highest BCUT2D eigenvalue weighted by Gasteiger charge is 2.46. The minimum absolute atomic E-state index is 0. The molecule has 0 unspecified atom stereocenters. The lowest BCUT2D eigenvalue weighted by Crippen LogP contribution is -2.44. The molecule has 0 aliphatic rings. The zero-order chi connectivity index (χ0) is 15.4. The van der Waals surface area contributed by atoms with Gasteiger partial charge in [-0.1, -0.05) is 21.3 Å². The lowest BCUT2D eigenvalue weighted by Gasteiger charge is -2.35. The normalized spacial score (nSPS) is 11.3.